The Bertz CT molecular complexity index is 308. The molecule has 12 heavy (non-hydrogen) atoms. The molecule has 1 heterocycles. The number of aromatic nitrogens is 1. The van der Waals surface area contributed by atoms with Crippen molar-refractivity contribution >= 4 is 0 Å². The van der Waals surface area contributed by atoms with E-state index in [1.807, 2.05) is 13.8 Å². The number of aryl methyl sites for hydroxylation is 1. The zero-order chi connectivity index (χ0) is 9.30. The predicted octanol–water partition coefficient (Wildman–Crippen LogP) is 1.13. The highest BCUT2D eigenvalue weighted by Crippen LogP contribution is 2.21. The summed E-state index contributed by atoms with van der Waals surface area (Å²) in [7, 11) is 1.59. The molecule has 1 aromatic rings. The van der Waals surface area contributed by atoms with E-state index in [9.17, 15) is 5.21 Å². The fourth-order valence-electron chi connectivity index (χ4n) is 1.22. The molecular formula is C9H12NO2. The summed E-state index contributed by atoms with van der Waals surface area (Å²) in [5, 5.41) is 11.1. The van der Waals surface area contributed by atoms with Crippen molar-refractivity contribution in [3.8, 4) is 5.75 Å². The van der Waals surface area contributed by atoms with Gasteiger partial charge in [-0.05, 0) is 13.8 Å². The number of pyridine rings is 1. The monoisotopic (exact) mass is 166 g/mol. The van der Waals surface area contributed by atoms with Gasteiger partial charge in [-0.15, -0.1) is 0 Å². The van der Waals surface area contributed by atoms with Gasteiger partial charge in [0.25, 0.3) is 0 Å². The third kappa shape index (κ3) is 1.22. The van der Waals surface area contributed by atoms with Crippen LogP contribution in [0.25, 0.3) is 0 Å². The van der Waals surface area contributed by atoms with Gasteiger partial charge < -0.3 is 9.94 Å². The lowest BCUT2D eigenvalue weighted by molar-refractivity contribution is -0.610. The quantitative estimate of drug-likeness (QED) is 0.463. The van der Waals surface area contributed by atoms with Crippen molar-refractivity contribution in [2.75, 3.05) is 7.11 Å². The first-order chi connectivity index (χ1) is 5.57. The Hall–Kier alpha value is -1.25. The maximum absolute atomic E-state index is 11.1. The van der Waals surface area contributed by atoms with Crippen molar-refractivity contribution < 1.29 is 9.47 Å². The van der Waals surface area contributed by atoms with Crippen molar-refractivity contribution in [1.82, 2.24) is 0 Å². The van der Waals surface area contributed by atoms with Gasteiger partial charge in [0.05, 0.1) is 18.2 Å². The SMILES string of the molecule is [CH2]c1c(C)c(OC)c(C)c[n+]1[O-]. The Morgan fingerprint density at radius 3 is 2.58 bits per heavy atom. The second-order valence-corrected chi connectivity index (χ2v) is 2.74. The third-order valence-corrected chi connectivity index (χ3v) is 1.91. The lowest BCUT2D eigenvalue weighted by Crippen LogP contribution is -2.31. The summed E-state index contributed by atoms with van der Waals surface area (Å²) in [4.78, 5) is 0. The summed E-state index contributed by atoms with van der Waals surface area (Å²) in [6, 6.07) is 0. The highest BCUT2D eigenvalue weighted by Gasteiger charge is 2.12. The van der Waals surface area contributed by atoms with Gasteiger partial charge in [-0.2, -0.15) is 4.73 Å². The molecule has 0 atom stereocenters. The number of methoxy groups -OCH3 is 1. The molecular weight excluding hydrogens is 154 g/mol. The number of rotatable bonds is 1. The van der Waals surface area contributed by atoms with Crippen molar-refractivity contribution in [3.63, 3.8) is 0 Å². The zero-order valence-electron chi connectivity index (χ0n) is 7.55. The van der Waals surface area contributed by atoms with Crippen LogP contribution in [0.15, 0.2) is 6.20 Å². The number of hydrogen-bond acceptors (Lipinski definition) is 2. The Labute approximate surface area is 72.2 Å². The van der Waals surface area contributed by atoms with Gasteiger partial charge in [0.2, 0.25) is 0 Å². The lowest BCUT2D eigenvalue weighted by Gasteiger charge is -2.10. The first-order valence-electron chi connectivity index (χ1n) is 3.67. The molecule has 0 bridgehead atoms. The molecule has 0 saturated heterocycles. The number of nitrogens with zero attached hydrogens (tertiary/aromatic N) is 1. The molecule has 0 spiro atoms. The Morgan fingerprint density at radius 1 is 1.50 bits per heavy atom. The van der Waals surface area contributed by atoms with Gasteiger partial charge in [0.15, 0.2) is 11.9 Å². The van der Waals surface area contributed by atoms with E-state index in [0.717, 1.165) is 21.6 Å². The largest absolute Gasteiger partial charge is 0.618 e. The van der Waals surface area contributed by atoms with E-state index in [4.69, 9.17) is 4.74 Å². The average molecular weight is 166 g/mol. The van der Waals surface area contributed by atoms with E-state index >= 15 is 0 Å². The highest BCUT2D eigenvalue weighted by molar-refractivity contribution is 5.39. The maximum atomic E-state index is 11.1. The van der Waals surface area contributed by atoms with Crippen LogP contribution in [0.5, 0.6) is 5.75 Å². The van der Waals surface area contributed by atoms with Gasteiger partial charge in [0.1, 0.15) is 5.75 Å². The Balaban J connectivity index is 3.40. The molecule has 0 aliphatic carbocycles. The van der Waals surface area contributed by atoms with Crippen LogP contribution in [0.3, 0.4) is 0 Å². The van der Waals surface area contributed by atoms with Gasteiger partial charge >= 0.3 is 0 Å². The van der Waals surface area contributed by atoms with Crippen LogP contribution in [-0.2, 0) is 0 Å². The molecule has 65 valence electrons. The smallest absolute Gasteiger partial charge is 0.199 e. The molecule has 1 radical (unpaired) electrons. The van der Waals surface area contributed by atoms with Crippen molar-refractivity contribution in [3.05, 3.63) is 35.1 Å². The zero-order valence-corrected chi connectivity index (χ0v) is 7.55. The van der Waals surface area contributed by atoms with Crippen LogP contribution in [0, 0.1) is 26.0 Å². The number of ether oxygens (including phenoxy) is 1. The minimum Gasteiger partial charge on any atom is -0.618 e. The molecule has 0 aliphatic rings. The van der Waals surface area contributed by atoms with Gasteiger partial charge in [-0.1, -0.05) is 0 Å². The van der Waals surface area contributed by atoms with Crippen LogP contribution in [0.1, 0.15) is 16.8 Å². The van der Waals surface area contributed by atoms with E-state index in [1.54, 1.807) is 7.11 Å². The van der Waals surface area contributed by atoms with Crippen molar-refractivity contribution in [2.45, 2.75) is 13.8 Å². The minimum atomic E-state index is 0.442. The fourth-order valence-corrected chi connectivity index (χ4v) is 1.22. The normalized spacial score (nSPS) is 10.0. The van der Waals surface area contributed by atoms with E-state index in [1.165, 1.54) is 6.20 Å². The minimum absolute atomic E-state index is 0.442. The Kier molecular flexibility index (Phi) is 2.22. The predicted molar refractivity (Wildman–Crippen MR) is 45.9 cm³/mol. The first-order valence-corrected chi connectivity index (χ1v) is 3.67. The molecule has 0 aromatic carbocycles. The lowest BCUT2D eigenvalue weighted by atomic mass is 10.1. The summed E-state index contributed by atoms with van der Waals surface area (Å²) in [6.07, 6.45) is 1.47. The van der Waals surface area contributed by atoms with E-state index in [-0.39, 0.29) is 0 Å². The van der Waals surface area contributed by atoms with Crippen LogP contribution in [0.2, 0.25) is 0 Å². The summed E-state index contributed by atoms with van der Waals surface area (Å²) < 4.78 is 5.88. The van der Waals surface area contributed by atoms with Gasteiger partial charge in [0, 0.05) is 6.92 Å². The molecule has 1 rings (SSSR count). The second-order valence-electron chi connectivity index (χ2n) is 2.74. The van der Waals surface area contributed by atoms with Crippen molar-refractivity contribution in [2.24, 2.45) is 0 Å². The van der Waals surface area contributed by atoms with E-state index in [2.05, 4.69) is 6.92 Å². The molecule has 3 heteroatoms. The summed E-state index contributed by atoms with van der Waals surface area (Å²) >= 11 is 0. The Morgan fingerprint density at radius 2 is 2.08 bits per heavy atom. The van der Waals surface area contributed by atoms with Crippen LogP contribution < -0.4 is 9.47 Å². The van der Waals surface area contributed by atoms with Crippen molar-refractivity contribution in [1.29, 1.82) is 0 Å². The molecule has 0 amide bonds. The molecule has 1 aromatic heterocycles. The average Bonchev–Trinajstić information content (AvgIpc) is 2.01. The molecule has 0 saturated carbocycles. The van der Waals surface area contributed by atoms with Gasteiger partial charge in [-0.3, -0.25) is 0 Å². The van der Waals surface area contributed by atoms with Crippen LogP contribution in [-0.4, -0.2) is 7.11 Å². The molecule has 3 nitrogen and oxygen atoms in total. The first kappa shape index (κ1) is 8.84. The van der Waals surface area contributed by atoms with E-state index in [0.29, 0.717) is 5.69 Å². The second kappa shape index (κ2) is 3.01. The standard InChI is InChI=1S/C9H12NO2/c1-6-5-10(11)8(3)7(2)9(6)12-4/h5H,3H2,1-2,4H3. The topological polar surface area (TPSA) is 36.2 Å². The van der Waals surface area contributed by atoms with Crippen LogP contribution in [0.4, 0.5) is 0 Å². The fraction of sp³-hybridized carbons (Fsp3) is 0.333. The summed E-state index contributed by atoms with van der Waals surface area (Å²) in [5.41, 5.74) is 2.07. The summed E-state index contributed by atoms with van der Waals surface area (Å²) in [6.45, 7) is 7.29. The maximum Gasteiger partial charge on any atom is 0.199 e. The molecule has 0 unspecified atom stereocenters. The number of hydrogen-bond donors (Lipinski definition) is 0. The molecule has 0 N–H and O–H groups in total. The molecule has 0 aliphatic heterocycles. The third-order valence-electron chi connectivity index (χ3n) is 1.91. The summed E-state index contributed by atoms with van der Waals surface area (Å²) in [5.74, 6) is 0.743. The molecule has 0 fully saturated rings. The van der Waals surface area contributed by atoms with E-state index < -0.39 is 0 Å². The highest BCUT2D eigenvalue weighted by atomic mass is 16.5. The van der Waals surface area contributed by atoms with Gasteiger partial charge in [-0.25, -0.2) is 0 Å². The van der Waals surface area contributed by atoms with Crippen LogP contribution >= 0.6 is 0 Å².